The largest absolute Gasteiger partial charge is 0.432 e. The fourth-order valence-corrected chi connectivity index (χ4v) is 1.34. The molecule has 1 aromatic carbocycles. The maximum atomic E-state index is 13.2. The van der Waals surface area contributed by atoms with Gasteiger partial charge in [-0.05, 0) is 25.1 Å². The van der Waals surface area contributed by atoms with E-state index in [-0.39, 0.29) is 11.3 Å². The number of benzene rings is 1. The zero-order valence-electron chi connectivity index (χ0n) is 8.22. The summed E-state index contributed by atoms with van der Waals surface area (Å²) >= 11 is 3.04. The molecule has 0 radical (unpaired) electrons. The van der Waals surface area contributed by atoms with Gasteiger partial charge in [0.05, 0.1) is 4.83 Å². The number of Topliss-reactive ketones (excluding diaryl/α,β-unsaturated/α-hetero) is 1. The number of carbonyl (C=O) groups excluding carboxylic acids is 1. The van der Waals surface area contributed by atoms with Gasteiger partial charge >= 0.3 is 6.61 Å². The summed E-state index contributed by atoms with van der Waals surface area (Å²) in [6.45, 7) is -1.50. The van der Waals surface area contributed by atoms with Crippen molar-refractivity contribution in [1.82, 2.24) is 0 Å². The van der Waals surface area contributed by atoms with Crippen LogP contribution in [0.2, 0.25) is 0 Å². The molecule has 1 aromatic rings. The Balaban J connectivity index is 2.95. The highest BCUT2D eigenvalue weighted by Gasteiger charge is 2.16. The lowest BCUT2D eigenvalue weighted by atomic mass is 10.1. The first-order valence-electron chi connectivity index (χ1n) is 4.34. The predicted molar refractivity (Wildman–Crippen MR) is 55.8 cm³/mol. The first kappa shape index (κ1) is 13.0. The summed E-state index contributed by atoms with van der Waals surface area (Å²) in [6.07, 6.45) is 0. The van der Waals surface area contributed by atoms with Crippen molar-refractivity contribution in [2.45, 2.75) is 18.4 Å². The SMILES string of the molecule is CC(Br)C(=O)c1ccc(OC(F)F)c(F)c1. The van der Waals surface area contributed by atoms with Crippen molar-refractivity contribution >= 4 is 21.7 Å². The average molecular weight is 297 g/mol. The molecule has 0 N–H and O–H groups in total. The minimum absolute atomic E-state index is 0.100. The van der Waals surface area contributed by atoms with Crippen molar-refractivity contribution in [2.75, 3.05) is 0 Å². The van der Waals surface area contributed by atoms with Gasteiger partial charge < -0.3 is 4.74 Å². The Morgan fingerprint density at radius 3 is 2.50 bits per heavy atom. The molecule has 0 aromatic heterocycles. The third-order valence-electron chi connectivity index (χ3n) is 1.79. The quantitative estimate of drug-likeness (QED) is 0.629. The molecule has 0 aliphatic carbocycles. The van der Waals surface area contributed by atoms with Crippen molar-refractivity contribution in [2.24, 2.45) is 0 Å². The Morgan fingerprint density at radius 2 is 2.06 bits per heavy atom. The number of alkyl halides is 3. The second kappa shape index (κ2) is 5.34. The summed E-state index contributed by atoms with van der Waals surface area (Å²) in [5, 5.41) is 0. The Kier molecular flexibility index (Phi) is 4.35. The smallest absolute Gasteiger partial charge is 0.387 e. The van der Waals surface area contributed by atoms with E-state index in [2.05, 4.69) is 20.7 Å². The Bertz CT molecular complexity index is 394. The minimum Gasteiger partial charge on any atom is -0.432 e. The molecule has 1 atom stereocenters. The second-order valence-corrected chi connectivity index (χ2v) is 4.38. The standard InChI is InChI=1S/C10H8BrF3O2/c1-5(11)9(15)6-2-3-8(7(12)4-6)16-10(13)14/h2-5,10H,1H3. The fraction of sp³-hybridized carbons (Fsp3) is 0.300. The lowest BCUT2D eigenvalue weighted by Gasteiger charge is -2.07. The molecule has 0 saturated carbocycles. The van der Waals surface area contributed by atoms with Crippen molar-refractivity contribution in [3.8, 4) is 5.75 Å². The minimum atomic E-state index is -3.09. The number of ether oxygens (including phenoxy) is 1. The van der Waals surface area contributed by atoms with Gasteiger partial charge in [-0.1, -0.05) is 15.9 Å². The van der Waals surface area contributed by atoms with E-state index in [4.69, 9.17) is 0 Å². The van der Waals surface area contributed by atoms with Crippen LogP contribution in [0.5, 0.6) is 5.75 Å². The van der Waals surface area contributed by atoms with Crippen LogP contribution in [0.1, 0.15) is 17.3 Å². The lowest BCUT2D eigenvalue weighted by Crippen LogP contribution is -2.11. The number of hydrogen-bond donors (Lipinski definition) is 0. The van der Waals surface area contributed by atoms with E-state index < -0.39 is 23.0 Å². The highest BCUT2D eigenvalue weighted by molar-refractivity contribution is 9.10. The van der Waals surface area contributed by atoms with E-state index in [1.165, 1.54) is 6.07 Å². The highest BCUT2D eigenvalue weighted by Crippen LogP contribution is 2.21. The van der Waals surface area contributed by atoms with Crippen molar-refractivity contribution < 1.29 is 22.7 Å². The molecule has 0 saturated heterocycles. The first-order valence-corrected chi connectivity index (χ1v) is 5.26. The van der Waals surface area contributed by atoms with Gasteiger partial charge in [0, 0.05) is 5.56 Å². The van der Waals surface area contributed by atoms with Crippen LogP contribution < -0.4 is 4.74 Å². The molecule has 2 nitrogen and oxygen atoms in total. The highest BCUT2D eigenvalue weighted by atomic mass is 79.9. The summed E-state index contributed by atoms with van der Waals surface area (Å²) in [5.41, 5.74) is 0.100. The van der Waals surface area contributed by atoms with Crippen molar-refractivity contribution in [1.29, 1.82) is 0 Å². The van der Waals surface area contributed by atoms with Gasteiger partial charge in [0.1, 0.15) is 0 Å². The van der Waals surface area contributed by atoms with Gasteiger partial charge in [0.15, 0.2) is 17.3 Å². The van der Waals surface area contributed by atoms with E-state index in [0.29, 0.717) is 0 Å². The van der Waals surface area contributed by atoms with Crippen molar-refractivity contribution in [3.05, 3.63) is 29.6 Å². The topological polar surface area (TPSA) is 26.3 Å². The predicted octanol–water partition coefficient (Wildman–Crippen LogP) is 3.39. The molecule has 0 amide bonds. The van der Waals surface area contributed by atoms with Gasteiger partial charge in [-0.25, -0.2) is 4.39 Å². The number of halogens is 4. The van der Waals surface area contributed by atoms with Crippen LogP contribution in [-0.2, 0) is 0 Å². The molecule has 0 aliphatic heterocycles. The van der Waals surface area contributed by atoms with Gasteiger partial charge in [0.2, 0.25) is 0 Å². The van der Waals surface area contributed by atoms with Crippen LogP contribution in [0.25, 0.3) is 0 Å². The van der Waals surface area contributed by atoms with Gasteiger partial charge in [-0.2, -0.15) is 8.78 Å². The van der Waals surface area contributed by atoms with E-state index in [1.807, 2.05) is 0 Å². The number of hydrogen-bond acceptors (Lipinski definition) is 2. The Morgan fingerprint density at radius 1 is 1.44 bits per heavy atom. The van der Waals surface area contributed by atoms with Crippen LogP contribution in [0.15, 0.2) is 18.2 Å². The van der Waals surface area contributed by atoms with Crippen LogP contribution in [0.4, 0.5) is 13.2 Å². The molecule has 1 rings (SSSR count). The van der Waals surface area contributed by atoms with Crippen LogP contribution >= 0.6 is 15.9 Å². The zero-order valence-corrected chi connectivity index (χ0v) is 9.80. The monoisotopic (exact) mass is 296 g/mol. The van der Waals surface area contributed by atoms with Crippen molar-refractivity contribution in [3.63, 3.8) is 0 Å². The molecule has 0 heterocycles. The Hall–Kier alpha value is -1.04. The molecule has 0 fully saturated rings. The number of carbonyl (C=O) groups is 1. The van der Waals surface area contributed by atoms with Gasteiger partial charge in [0.25, 0.3) is 0 Å². The summed E-state index contributed by atoms with van der Waals surface area (Å²) in [7, 11) is 0. The van der Waals surface area contributed by atoms with Gasteiger partial charge in [-0.3, -0.25) is 4.79 Å². The normalized spacial score (nSPS) is 12.6. The molecule has 0 aliphatic rings. The van der Waals surface area contributed by atoms with Crippen LogP contribution in [0, 0.1) is 5.82 Å². The molecular formula is C10H8BrF3O2. The first-order chi connectivity index (χ1) is 7.41. The summed E-state index contributed by atoms with van der Waals surface area (Å²) in [5.74, 6) is -1.89. The molecule has 16 heavy (non-hydrogen) atoms. The molecule has 0 spiro atoms. The van der Waals surface area contributed by atoms with E-state index in [0.717, 1.165) is 12.1 Å². The number of ketones is 1. The van der Waals surface area contributed by atoms with E-state index >= 15 is 0 Å². The third-order valence-corrected chi connectivity index (χ3v) is 2.21. The Labute approximate surface area is 98.5 Å². The van der Waals surface area contributed by atoms with Crippen LogP contribution in [0.3, 0.4) is 0 Å². The maximum absolute atomic E-state index is 13.2. The molecule has 88 valence electrons. The van der Waals surface area contributed by atoms with Gasteiger partial charge in [-0.15, -0.1) is 0 Å². The second-order valence-electron chi connectivity index (χ2n) is 3.00. The third kappa shape index (κ3) is 3.23. The fourth-order valence-electron chi connectivity index (χ4n) is 1.08. The maximum Gasteiger partial charge on any atom is 0.387 e. The summed E-state index contributed by atoms with van der Waals surface area (Å²) in [4.78, 5) is 11.0. The molecular weight excluding hydrogens is 289 g/mol. The van der Waals surface area contributed by atoms with E-state index in [9.17, 15) is 18.0 Å². The molecule has 6 heteroatoms. The summed E-state index contributed by atoms with van der Waals surface area (Å²) in [6, 6.07) is 3.11. The van der Waals surface area contributed by atoms with E-state index in [1.54, 1.807) is 6.92 Å². The number of rotatable bonds is 4. The summed E-state index contributed by atoms with van der Waals surface area (Å²) < 4.78 is 40.8. The molecule has 1 unspecified atom stereocenters. The zero-order chi connectivity index (χ0) is 12.3. The average Bonchev–Trinajstić information content (AvgIpc) is 2.19. The van der Waals surface area contributed by atoms with Crippen LogP contribution in [-0.4, -0.2) is 17.2 Å². The lowest BCUT2D eigenvalue weighted by molar-refractivity contribution is -0.0521. The molecule has 0 bridgehead atoms.